The number of hydrogen-bond donors (Lipinski definition) is 1. The van der Waals surface area contributed by atoms with Crippen LogP contribution < -0.4 is 5.32 Å². The maximum absolute atomic E-state index is 13.5. The molecule has 0 unspecified atom stereocenters. The number of anilines is 1. The molecule has 0 bridgehead atoms. The molecule has 0 radical (unpaired) electrons. The van der Waals surface area contributed by atoms with Crippen LogP contribution in [0.4, 0.5) is 23.2 Å². The molecule has 2 aromatic carbocycles. The van der Waals surface area contributed by atoms with Crippen LogP contribution in [0.5, 0.6) is 0 Å². The molecule has 138 valence electrons. The summed E-state index contributed by atoms with van der Waals surface area (Å²) in [7, 11) is 0. The molecule has 1 atom stereocenters. The molecule has 0 aromatic heterocycles. The first-order valence-electron chi connectivity index (χ1n) is 7.53. The largest absolute Gasteiger partial charge is 0.449 e. The summed E-state index contributed by atoms with van der Waals surface area (Å²) in [6.07, 6.45) is -5.71. The molecule has 0 aliphatic heterocycles. The van der Waals surface area contributed by atoms with Gasteiger partial charge in [-0.05, 0) is 55.8 Å². The van der Waals surface area contributed by atoms with Gasteiger partial charge in [0.05, 0.1) is 11.1 Å². The molecule has 0 spiro atoms. The first-order chi connectivity index (χ1) is 12.1. The van der Waals surface area contributed by atoms with Crippen molar-refractivity contribution in [2.24, 2.45) is 0 Å². The van der Waals surface area contributed by atoms with Gasteiger partial charge < -0.3 is 10.1 Å². The number of hydrogen-bond acceptors (Lipinski definition) is 3. The zero-order chi connectivity index (χ0) is 19.5. The molecule has 26 heavy (non-hydrogen) atoms. The van der Waals surface area contributed by atoms with Gasteiger partial charge in [-0.1, -0.05) is 6.07 Å². The van der Waals surface area contributed by atoms with Crippen LogP contribution in [0.15, 0.2) is 42.5 Å². The fourth-order valence-corrected chi connectivity index (χ4v) is 1.99. The quantitative estimate of drug-likeness (QED) is 0.644. The second-order valence-corrected chi connectivity index (χ2v) is 5.58. The lowest BCUT2D eigenvalue weighted by Crippen LogP contribution is -2.30. The van der Waals surface area contributed by atoms with E-state index in [1.807, 2.05) is 0 Å². The maximum atomic E-state index is 13.5. The predicted molar refractivity (Wildman–Crippen MR) is 86.1 cm³/mol. The summed E-state index contributed by atoms with van der Waals surface area (Å²) in [5.41, 5.74) is -0.430. The molecule has 2 aromatic rings. The van der Waals surface area contributed by atoms with Crippen molar-refractivity contribution in [3.8, 4) is 0 Å². The zero-order valence-corrected chi connectivity index (χ0v) is 13.9. The van der Waals surface area contributed by atoms with Gasteiger partial charge in [0.25, 0.3) is 5.91 Å². The summed E-state index contributed by atoms with van der Waals surface area (Å²) in [4.78, 5) is 23.9. The van der Waals surface area contributed by atoms with E-state index in [2.05, 4.69) is 5.32 Å². The minimum Gasteiger partial charge on any atom is -0.449 e. The lowest BCUT2D eigenvalue weighted by atomic mass is 10.1. The van der Waals surface area contributed by atoms with E-state index in [0.29, 0.717) is 5.56 Å². The summed E-state index contributed by atoms with van der Waals surface area (Å²) in [5, 5.41) is 2.34. The number of amides is 1. The molecular formula is C18H15F4NO3. The van der Waals surface area contributed by atoms with E-state index in [-0.39, 0.29) is 11.3 Å². The Bertz CT molecular complexity index is 816. The molecule has 1 amide bonds. The Morgan fingerprint density at radius 2 is 1.69 bits per heavy atom. The van der Waals surface area contributed by atoms with E-state index in [1.165, 1.54) is 26.0 Å². The third kappa shape index (κ3) is 4.81. The number of rotatable bonds is 4. The lowest BCUT2D eigenvalue weighted by molar-refractivity contribution is -0.137. The van der Waals surface area contributed by atoms with Crippen molar-refractivity contribution >= 4 is 17.6 Å². The van der Waals surface area contributed by atoms with Crippen molar-refractivity contribution in [2.75, 3.05) is 5.32 Å². The monoisotopic (exact) mass is 369 g/mol. The van der Waals surface area contributed by atoms with Crippen LogP contribution >= 0.6 is 0 Å². The molecule has 2 rings (SSSR count). The number of nitrogens with one attached hydrogen (secondary N) is 1. The molecule has 0 heterocycles. The minimum atomic E-state index is -4.48. The normalized spacial score (nSPS) is 12.4. The first kappa shape index (κ1) is 19.4. The Balaban J connectivity index is 1.98. The predicted octanol–water partition coefficient (Wildman–Crippen LogP) is 4.34. The Hall–Kier alpha value is -2.90. The van der Waals surface area contributed by atoms with Gasteiger partial charge in [0.1, 0.15) is 5.82 Å². The highest BCUT2D eigenvalue weighted by atomic mass is 19.4. The third-order valence-corrected chi connectivity index (χ3v) is 3.54. The van der Waals surface area contributed by atoms with Gasteiger partial charge >= 0.3 is 12.1 Å². The molecule has 0 fully saturated rings. The van der Waals surface area contributed by atoms with Gasteiger partial charge in [-0.2, -0.15) is 13.2 Å². The van der Waals surface area contributed by atoms with Crippen LogP contribution in [-0.2, 0) is 15.7 Å². The van der Waals surface area contributed by atoms with E-state index in [4.69, 9.17) is 4.74 Å². The van der Waals surface area contributed by atoms with E-state index in [1.54, 1.807) is 0 Å². The number of carbonyl (C=O) groups is 2. The summed E-state index contributed by atoms with van der Waals surface area (Å²) < 4.78 is 55.9. The fraction of sp³-hybridized carbons (Fsp3) is 0.222. The van der Waals surface area contributed by atoms with Crippen LogP contribution in [-0.4, -0.2) is 18.0 Å². The van der Waals surface area contributed by atoms with Crippen molar-refractivity contribution in [3.63, 3.8) is 0 Å². The second-order valence-electron chi connectivity index (χ2n) is 5.58. The molecule has 0 aliphatic rings. The van der Waals surface area contributed by atoms with Crippen LogP contribution in [0.3, 0.4) is 0 Å². The van der Waals surface area contributed by atoms with Gasteiger partial charge in [-0.3, -0.25) is 4.79 Å². The molecule has 1 N–H and O–H groups in total. The molecule has 8 heteroatoms. The Kier molecular flexibility index (Phi) is 5.64. The Labute approximate surface area is 146 Å². The summed E-state index contributed by atoms with van der Waals surface area (Å²) in [6.45, 7) is 2.83. The van der Waals surface area contributed by atoms with Gasteiger partial charge in [-0.25, -0.2) is 9.18 Å². The van der Waals surface area contributed by atoms with E-state index >= 15 is 0 Å². The molecular weight excluding hydrogens is 354 g/mol. The van der Waals surface area contributed by atoms with Gasteiger partial charge in [0, 0.05) is 5.69 Å². The molecule has 0 saturated heterocycles. The first-order valence-corrected chi connectivity index (χ1v) is 7.53. The average molecular weight is 369 g/mol. The van der Waals surface area contributed by atoms with Crippen molar-refractivity contribution in [1.82, 2.24) is 0 Å². The van der Waals surface area contributed by atoms with E-state index in [0.717, 1.165) is 30.3 Å². The van der Waals surface area contributed by atoms with Crippen molar-refractivity contribution in [1.29, 1.82) is 0 Å². The van der Waals surface area contributed by atoms with Gasteiger partial charge in [-0.15, -0.1) is 0 Å². The number of esters is 1. The third-order valence-electron chi connectivity index (χ3n) is 3.54. The second kappa shape index (κ2) is 7.55. The average Bonchev–Trinajstić information content (AvgIpc) is 2.56. The highest BCUT2D eigenvalue weighted by Gasteiger charge is 2.30. The van der Waals surface area contributed by atoms with Crippen molar-refractivity contribution < 1.29 is 31.9 Å². The summed E-state index contributed by atoms with van der Waals surface area (Å²) in [5.74, 6) is -2.20. The van der Waals surface area contributed by atoms with Crippen molar-refractivity contribution in [2.45, 2.75) is 26.1 Å². The summed E-state index contributed by atoms with van der Waals surface area (Å²) >= 11 is 0. The smallest absolute Gasteiger partial charge is 0.416 e. The van der Waals surface area contributed by atoms with Crippen LogP contribution in [0.2, 0.25) is 0 Å². The van der Waals surface area contributed by atoms with Gasteiger partial charge in [0.2, 0.25) is 0 Å². The number of aryl methyl sites for hydroxylation is 1. The highest BCUT2D eigenvalue weighted by molar-refractivity contribution is 5.97. The number of benzene rings is 2. The maximum Gasteiger partial charge on any atom is 0.416 e. The van der Waals surface area contributed by atoms with Crippen molar-refractivity contribution in [3.05, 3.63) is 65.0 Å². The van der Waals surface area contributed by atoms with Gasteiger partial charge in [0.15, 0.2) is 6.10 Å². The Morgan fingerprint density at radius 1 is 1.08 bits per heavy atom. The molecule has 0 saturated carbocycles. The number of halogens is 4. The Morgan fingerprint density at radius 3 is 2.23 bits per heavy atom. The van der Waals surface area contributed by atoms with Crippen LogP contribution in [0.1, 0.15) is 28.4 Å². The molecule has 4 nitrogen and oxygen atoms in total. The summed E-state index contributed by atoms with van der Waals surface area (Å²) in [6, 6.07) is 7.58. The van der Waals surface area contributed by atoms with Crippen LogP contribution in [0, 0.1) is 12.7 Å². The standard InChI is InChI=1S/C18H15F4NO3/c1-10-3-4-12(9-15(10)19)17(25)26-11(2)16(24)23-14-7-5-13(6-8-14)18(20,21)22/h3-9,11H,1-2H3,(H,23,24)/t11-/m1/s1. The number of ether oxygens (including phenoxy) is 1. The molecule has 0 aliphatic carbocycles. The zero-order valence-electron chi connectivity index (χ0n) is 13.9. The van der Waals surface area contributed by atoms with E-state index in [9.17, 15) is 27.2 Å². The highest BCUT2D eigenvalue weighted by Crippen LogP contribution is 2.29. The topological polar surface area (TPSA) is 55.4 Å². The lowest BCUT2D eigenvalue weighted by Gasteiger charge is -2.14. The van der Waals surface area contributed by atoms with Crippen LogP contribution in [0.25, 0.3) is 0 Å². The van der Waals surface area contributed by atoms with E-state index < -0.39 is 35.5 Å². The fourth-order valence-electron chi connectivity index (χ4n) is 1.99. The number of alkyl halides is 3. The SMILES string of the molecule is Cc1ccc(C(=O)O[C@H](C)C(=O)Nc2ccc(C(F)(F)F)cc2)cc1F. The number of carbonyl (C=O) groups excluding carboxylic acids is 2. The minimum absolute atomic E-state index is 0.0534.